The molecule has 8 heteroatoms. The van der Waals surface area contributed by atoms with Gasteiger partial charge >= 0.3 is 5.97 Å². The standard InChI is InChI=1S/C17H24ClN3O3.HI/c1-12-10-21(11-15(12)16(22)23-3)17(19-2)20-8-9-24-14-6-4-13(18)5-7-14;/h4-7,12,15H,8-11H2,1-3H3,(H,19,20);1H. The minimum Gasteiger partial charge on any atom is -0.492 e. The Labute approximate surface area is 170 Å². The molecule has 6 nitrogen and oxygen atoms in total. The van der Waals surface area contributed by atoms with Gasteiger partial charge in [-0.25, -0.2) is 0 Å². The van der Waals surface area contributed by atoms with Crippen LogP contribution in [-0.4, -0.2) is 57.2 Å². The van der Waals surface area contributed by atoms with Crippen molar-refractivity contribution in [3.8, 4) is 5.75 Å². The van der Waals surface area contributed by atoms with Gasteiger partial charge in [-0.1, -0.05) is 18.5 Å². The summed E-state index contributed by atoms with van der Waals surface area (Å²) < 4.78 is 10.5. The molecule has 2 unspecified atom stereocenters. The summed E-state index contributed by atoms with van der Waals surface area (Å²) in [6, 6.07) is 7.25. The molecule has 0 saturated carbocycles. The van der Waals surface area contributed by atoms with Crippen LogP contribution in [0.15, 0.2) is 29.3 Å². The van der Waals surface area contributed by atoms with E-state index in [0.29, 0.717) is 24.7 Å². The first-order valence-corrected chi connectivity index (χ1v) is 8.34. The van der Waals surface area contributed by atoms with Crippen LogP contribution in [0.4, 0.5) is 0 Å². The van der Waals surface area contributed by atoms with Crippen molar-refractivity contribution in [1.29, 1.82) is 0 Å². The van der Waals surface area contributed by atoms with Gasteiger partial charge in [0.25, 0.3) is 0 Å². The third-order valence-electron chi connectivity index (χ3n) is 4.10. The molecule has 25 heavy (non-hydrogen) atoms. The number of esters is 1. The summed E-state index contributed by atoms with van der Waals surface area (Å²) in [6.45, 7) is 4.56. The summed E-state index contributed by atoms with van der Waals surface area (Å²) in [5.41, 5.74) is 0. The highest BCUT2D eigenvalue weighted by Crippen LogP contribution is 2.24. The molecule has 140 valence electrons. The molecule has 1 aromatic rings. The van der Waals surface area contributed by atoms with Crippen LogP contribution in [0.1, 0.15) is 6.92 Å². The predicted molar refractivity (Wildman–Crippen MR) is 110 cm³/mol. The van der Waals surface area contributed by atoms with E-state index in [2.05, 4.69) is 22.1 Å². The fourth-order valence-electron chi connectivity index (χ4n) is 2.79. The number of benzene rings is 1. The second kappa shape index (κ2) is 10.7. The van der Waals surface area contributed by atoms with Crippen LogP contribution in [0, 0.1) is 11.8 Å². The van der Waals surface area contributed by atoms with E-state index in [-0.39, 0.29) is 41.8 Å². The summed E-state index contributed by atoms with van der Waals surface area (Å²) in [6.07, 6.45) is 0. The zero-order valence-electron chi connectivity index (χ0n) is 14.7. The molecule has 0 radical (unpaired) electrons. The lowest BCUT2D eigenvalue weighted by atomic mass is 9.99. The van der Waals surface area contributed by atoms with Gasteiger partial charge in [0.1, 0.15) is 12.4 Å². The van der Waals surface area contributed by atoms with Crippen LogP contribution < -0.4 is 10.1 Å². The van der Waals surface area contributed by atoms with Gasteiger partial charge in [0.2, 0.25) is 0 Å². The molecule has 1 saturated heterocycles. The van der Waals surface area contributed by atoms with Gasteiger partial charge in [-0.2, -0.15) is 0 Å². The molecule has 1 aromatic carbocycles. The Balaban J connectivity index is 0.00000312. The van der Waals surface area contributed by atoms with Crippen molar-refractivity contribution in [3.63, 3.8) is 0 Å². The van der Waals surface area contributed by atoms with Crippen LogP contribution in [0.25, 0.3) is 0 Å². The molecular formula is C17H25ClIN3O3. The van der Waals surface area contributed by atoms with Gasteiger partial charge in [0.15, 0.2) is 5.96 Å². The van der Waals surface area contributed by atoms with E-state index >= 15 is 0 Å². The highest BCUT2D eigenvalue weighted by molar-refractivity contribution is 14.0. The van der Waals surface area contributed by atoms with Crippen LogP contribution in [0.2, 0.25) is 5.02 Å². The van der Waals surface area contributed by atoms with Crippen molar-refractivity contribution < 1.29 is 14.3 Å². The van der Waals surface area contributed by atoms with Gasteiger partial charge < -0.3 is 19.7 Å². The Morgan fingerprint density at radius 2 is 2.04 bits per heavy atom. The van der Waals surface area contributed by atoms with Gasteiger partial charge in [-0.05, 0) is 30.2 Å². The zero-order valence-corrected chi connectivity index (χ0v) is 17.8. The number of guanidine groups is 1. The molecule has 2 atom stereocenters. The average molecular weight is 482 g/mol. The Morgan fingerprint density at radius 3 is 2.64 bits per heavy atom. The summed E-state index contributed by atoms with van der Waals surface area (Å²) in [7, 11) is 3.16. The second-order valence-electron chi connectivity index (χ2n) is 5.79. The third kappa shape index (κ3) is 6.22. The van der Waals surface area contributed by atoms with Crippen LogP contribution >= 0.6 is 35.6 Å². The number of hydrogen-bond donors (Lipinski definition) is 1. The summed E-state index contributed by atoms with van der Waals surface area (Å²) in [5, 5.41) is 3.95. The number of methoxy groups -OCH3 is 1. The van der Waals surface area contributed by atoms with E-state index in [1.807, 2.05) is 12.1 Å². The van der Waals surface area contributed by atoms with Crippen LogP contribution in [0.3, 0.4) is 0 Å². The minimum atomic E-state index is -0.161. The number of hydrogen-bond acceptors (Lipinski definition) is 4. The molecule has 0 spiro atoms. The van der Waals surface area contributed by atoms with Crippen molar-refractivity contribution in [3.05, 3.63) is 29.3 Å². The Morgan fingerprint density at radius 1 is 1.36 bits per heavy atom. The summed E-state index contributed by atoms with van der Waals surface area (Å²) in [4.78, 5) is 18.1. The molecule has 0 aliphatic carbocycles. The maximum absolute atomic E-state index is 11.8. The summed E-state index contributed by atoms with van der Waals surface area (Å²) >= 11 is 5.84. The SMILES string of the molecule is CN=C(NCCOc1ccc(Cl)cc1)N1CC(C)C(C(=O)OC)C1.I. The molecule has 1 fully saturated rings. The molecule has 0 amide bonds. The molecule has 0 aromatic heterocycles. The van der Waals surface area contributed by atoms with E-state index in [0.717, 1.165) is 18.3 Å². The number of halogens is 2. The Bertz CT molecular complexity index is 583. The average Bonchev–Trinajstić information content (AvgIpc) is 2.97. The third-order valence-corrected chi connectivity index (χ3v) is 4.35. The predicted octanol–water partition coefficient (Wildman–Crippen LogP) is 2.65. The quantitative estimate of drug-likeness (QED) is 0.230. The first-order chi connectivity index (χ1) is 11.5. The van der Waals surface area contributed by atoms with E-state index in [1.165, 1.54) is 7.11 Å². The Kier molecular flexibility index (Phi) is 9.34. The first kappa shape index (κ1) is 21.8. The fourth-order valence-corrected chi connectivity index (χ4v) is 2.92. The number of nitrogens with one attached hydrogen (secondary N) is 1. The molecule has 1 heterocycles. The number of nitrogens with zero attached hydrogens (tertiary/aromatic N) is 2. The smallest absolute Gasteiger partial charge is 0.310 e. The molecular weight excluding hydrogens is 457 g/mol. The molecule has 2 rings (SSSR count). The van der Waals surface area contributed by atoms with E-state index in [1.54, 1.807) is 19.2 Å². The number of aliphatic imine (C=N–C) groups is 1. The number of carbonyl (C=O) groups is 1. The maximum Gasteiger partial charge on any atom is 0.310 e. The van der Waals surface area contributed by atoms with Gasteiger partial charge in [-0.3, -0.25) is 9.79 Å². The zero-order chi connectivity index (χ0) is 17.5. The van der Waals surface area contributed by atoms with Gasteiger partial charge in [-0.15, -0.1) is 24.0 Å². The topological polar surface area (TPSA) is 63.2 Å². The molecule has 1 N–H and O–H groups in total. The van der Waals surface area contributed by atoms with Crippen molar-refractivity contribution in [1.82, 2.24) is 10.2 Å². The minimum absolute atomic E-state index is 0. The first-order valence-electron chi connectivity index (χ1n) is 7.97. The van der Waals surface area contributed by atoms with Crippen molar-refractivity contribution in [2.45, 2.75) is 6.92 Å². The summed E-state index contributed by atoms with van der Waals surface area (Å²) in [5.74, 6) is 1.51. The van der Waals surface area contributed by atoms with E-state index in [9.17, 15) is 4.79 Å². The van der Waals surface area contributed by atoms with Gasteiger partial charge in [0.05, 0.1) is 19.6 Å². The molecule has 1 aliphatic heterocycles. The normalized spacial score (nSPS) is 20.0. The van der Waals surface area contributed by atoms with E-state index in [4.69, 9.17) is 21.1 Å². The number of likely N-dealkylation sites (tertiary alicyclic amines) is 1. The van der Waals surface area contributed by atoms with Gasteiger partial charge in [0, 0.05) is 25.2 Å². The lowest BCUT2D eigenvalue weighted by Crippen LogP contribution is -2.42. The number of carbonyl (C=O) groups excluding carboxylic acids is 1. The highest BCUT2D eigenvalue weighted by atomic mass is 127. The van der Waals surface area contributed by atoms with Crippen LogP contribution in [0.5, 0.6) is 5.75 Å². The second-order valence-corrected chi connectivity index (χ2v) is 6.22. The molecule has 1 aliphatic rings. The van der Waals surface area contributed by atoms with Crippen molar-refractivity contribution in [2.75, 3.05) is 40.4 Å². The fraction of sp³-hybridized carbons (Fsp3) is 0.529. The van der Waals surface area contributed by atoms with Crippen molar-refractivity contribution in [2.24, 2.45) is 16.8 Å². The molecule has 0 bridgehead atoms. The number of rotatable bonds is 5. The largest absolute Gasteiger partial charge is 0.492 e. The monoisotopic (exact) mass is 481 g/mol. The van der Waals surface area contributed by atoms with Crippen LogP contribution in [-0.2, 0) is 9.53 Å². The lowest BCUT2D eigenvalue weighted by molar-refractivity contribution is -0.145. The number of ether oxygens (including phenoxy) is 2. The maximum atomic E-state index is 11.8. The highest BCUT2D eigenvalue weighted by Gasteiger charge is 2.36. The Hall–Kier alpha value is -1.22. The van der Waals surface area contributed by atoms with Crippen molar-refractivity contribution >= 4 is 47.5 Å². The van der Waals surface area contributed by atoms with E-state index < -0.39 is 0 Å². The lowest BCUT2D eigenvalue weighted by Gasteiger charge is -2.21.